The number of aromatic amines is 1. The lowest BCUT2D eigenvalue weighted by atomic mass is 9.95. The summed E-state index contributed by atoms with van der Waals surface area (Å²) < 4.78 is 6.92. The van der Waals surface area contributed by atoms with E-state index in [0.29, 0.717) is 18.7 Å². The molecule has 1 fully saturated rings. The van der Waals surface area contributed by atoms with Crippen molar-refractivity contribution in [3.8, 4) is 0 Å². The number of nitrogens with one attached hydrogen (secondary N) is 2. The predicted octanol–water partition coefficient (Wildman–Crippen LogP) is 0.828. The van der Waals surface area contributed by atoms with E-state index in [2.05, 4.69) is 10.3 Å². The number of rotatable bonds is 4. The van der Waals surface area contributed by atoms with Gasteiger partial charge in [0.1, 0.15) is 0 Å². The highest BCUT2D eigenvalue weighted by Crippen LogP contribution is 2.23. The van der Waals surface area contributed by atoms with Gasteiger partial charge in [0, 0.05) is 25.9 Å². The Morgan fingerprint density at radius 2 is 2.17 bits per heavy atom. The number of hydrogen-bond donors (Lipinski definition) is 2. The third-order valence-electron chi connectivity index (χ3n) is 4.47. The highest BCUT2D eigenvalue weighted by atomic mass is 16.5. The molecule has 2 N–H and O–H groups in total. The first-order valence-corrected chi connectivity index (χ1v) is 8.18. The monoisotopic (exact) mass is 338 g/mol. The van der Waals surface area contributed by atoms with Gasteiger partial charge in [-0.2, -0.15) is 0 Å². The van der Waals surface area contributed by atoms with Crippen LogP contribution in [0.1, 0.15) is 45.2 Å². The van der Waals surface area contributed by atoms with Crippen molar-refractivity contribution in [2.45, 2.75) is 51.8 Å². The maximum atomic E-state index is 12.4. The number of carbonyl (C=O) groups excluding carboxylic acids is 1. The fourth-order valence-corrected chi connectivity index (χ4v) is 2.86. The Hall–Kier alpha value is -2.09. The van der Waals surface area contributed by atoms with Crippen LogP contribution in [0.5, 0.6) is 0 Å². The van der Waals surface area contributed by atoms with E-state index in [1.165, 1.54) is 10.8 Å². The van der Waals surface area contributed by atoms with Crippen LogP contribution in [0.3, 0.4) is 0 Å². The minimum atomic E-state index is -0.474. The molecule has 0 bridgehead atoms. The Kier molecular flexibility index (Phi) is 5.48. The van der Waals surface area contributed by atoms with Crippen LogP contribution >= 0.6 is 0 Å². The van der Waals surface area contributed by atoms with Crippen LogP contribution in [0.4, 0.5) is 4.79 Å². The van der Waals surface area contributed by atoms with Crippen molar-refractivity contribution < 1.29 is 9.53 Å². The van der Waals surface area contributed by atoms with E-state index >= 15 is 0 Å². The molecule has 1 aliphatic rings. The summed E-state index contributed by atoms with van der Waals surface area (Å²) in [5, 5.41) is 2.75. The Bertz CT molecular complexity index is 709. The smallest absolute Gasteiger partial charge is 0.328 e. The van der Waals surface area contributed by atoms with Crippen LogP contribution in [0.25, 0.3) is 0 Å². The van der Waals surface area contributed by atoms with Crippen LogP contribution in [0.15, 0.2) is 15.8 Å². The Balaban J connectivity index is 2.05. The minimum Gasteiger partial charge on any atom is -0.377 e. The molecule has 2 rings (SSSR count). The molecule has 0 aliphatic carbocycles. The van der Waals surface area contributed by atoms with Crippen LogP contribution in [-0.2, 0) is 11.3 Å². The normalized spacial score (nSPS) is 21.1. The number of amides is 2. The molecule has 24 heavy (non-hydrogen) atoms. The quantitative estimate of drug-likeness (QED) is 0.850. The van der Waals surface area contributed by atoms with Gasteiger partial charge in [-0.1, -0.05) is 0 Å². The van der Waals surface area contributed by atoms with E-state index in [1.807, 2.05) is 20.8 Å². The molecule has 134 valence electrons. The second-order valence-corrected chi connectivity index (χ2v) is 6.75. The van der Waals surface area contributed by atoms with E-state index in [4.69, 9.17) is 4.74 Å². The van der Waals surface area contributed by atoms with Crippen molar-refractivity contribution in [2.75, 3.05) is 20.2 Å². The minimum absolute atomic E-state index is 0.0708. The molecule has 0 spiro atoms. The molecule has 1 saturated heterocycles. The molecule has 2 heterocycles. The fourth-order valence-electron chi connectivity index (χ4n) is 2.86. The summed E-state index contributed by atoms with van der Waals surface area (Å²) in [5.41, 5.74) is -0.907. The average Bonchev–Trinajstić information content (AvgIpc) is 2.53. The van der Waals surface area contributed by atoms with Gasteiger partial charge in [0.25, 0.3) is 5.56 Å². The molecule has 0 aromatic carbocycles. The molecule has 0 radical (unpaired) electrons. The van der Waals surface area contributed by atoms with Crippen LogP contribution < -0.4 is 16.6 Å². The van der Waals surface area contributed by atoms with Crippen molar-refractivity contribution in [3.63, 3.8) is 0 Å². The van der Waals surface area contributed by atoms with Crippen molar-refractivity contribution in [3.05, 3.63) is 32.6 Å². The molecule has 2 amide bonds. The van der Waals surface area contributed by atoms with E-state index in [-0.39, 0.29) is 24.2 Å². The highest BCUT2D eigenvalue weighted by Gasteiger charge is 2.32. The number of hydrogen-bond acceptors (Lipinski definition) is 4. The Morgan fingerprint density at radius 1 is 1.46 bits per heavy atom. The van der Waals surface area contributed by atoms with Gasteiger partial charge in [-0.05, 0) is 33.6 Å². The zero-order valence-corrected chi connectivity index (χ0v) is 14.7. The van der Waals surface area contributed by atoms with E-state index in [0.717, 1.165) is 12.8 Å². The lowest BCUT2D eigenvalue weighted by Crippen LogP contribution is -2.52. The summed E-state index contributed by atoms with van der Waals surface area (Å²) in [6, 6.07) is -0.312. The molecule has 8 heteroatoms. The Labute approximate surface area is 140 Å². The molecule has 1 atom stereocenters. The van der Waals surface area contributed by atoms with Crippen LogP contribution in [-0.4, -0.2) is 46.3 Å². The molecule has 1 unspecified atom stereocenters. The standard InChI is InChI=1S/C16H26N4O4/c1-11(2)20-9-12(13(21)18-15(20)23)8-17-14(22)19-7-5-6-16(3,10-19)24-4/h9,11H,5-8,10H2,1-4H3,(H,17,22)(H,18,21,23). The summed E-state index contributed by atoms with van der Waals surface area (Å²) in [4.78, 5) is 39.9. The van der Waals surface area contributed by atoms with Gasteiger partial charge >= 0.3 is 11.7 Å². The van der Waals surface area contributed by atoms with Gasteiger partial charge in [0.2, 0.25) is 0 Å². The number of aromatic nitrogens is 2. The summed E-state index contributed by atoms with van der Waals surface area (Å²) in [7, 11) is 1.65. The third-order valence-corrected chi connectivity index (χ3v) is 4.47. The van der Waals surface area contributed by atoms with Crippen molar-refractivity contribution >= 4 is 6.03 Å². The second kappa shape index (κ2) is 7.21. The van der Waals surface area contributed by atoms with Gasteiger partial charge in [0.15, 0.2) is 0 Å². The zero-order valence-electron chi connectivity index (χ0n) is 14.7. The summed E-state index contributed by atoms with van der Waals surface area (Å²) in [6.07, 6.45) is 3.28. The maximum absolute atomic E-state index is 12.4. The van der Waals surface area contributed by atoms with Gasteiger partial charge in [0.05, 0.1) is 24.3 Å². The number of H-pyrrole nitrogens is 1. The lowest BCUT2D eigenvalue weighted by molar-refractivity contribution is -0.0401. The number of carbonyl (C=O) groups is 1. The molecule has 8 nitrogen and oxygen atoms in total. The first kappa shape index (κ1) is 18.3. The fraction of sp³-hybridized carbons (Fsp3) is 0.688. The molecule has 1 aromatic rings. The first-order valence-electron chi connectivity index (χ1n) is 8.18. The van der Waals surface area contributed by atoms with Crippen molar-refractivity contribution in [1.29, 1.82) is 0 Å². The number of methoxy groups -OCH3 is 1. The number of urea groups is 1. The SMILES string of the molecule is COC1(C)CCCN(C(=O)NCc2cn(C(C)C)c(=O)[nH]c2=O)C1. The highest BCUT2D eigenvalue weighted by molar-refractivity contribution is 5.74. The number of ether oxygens (including phenoxy) is 1. The third kappa shape index (κ3) is 4.05. The second-order valence-electron chi connectivity index (χ2n) is 6.75. The lowest BCUT2D eigenvalue weighted by Gasteiger charge is -2.39. The van der Waals surface area contributed by atoms with Gasteiger partial charge < -0.3 is 15.0 Å². The topological polar surface area (TPSA) is 96.4 Å². The predicted molar refractivity (Wildman–Crippen MR) is 90.2 cm³/mol. The van der Waals surface area contributed by atoms with Crippen LogP contribution in [0, 0.1) is 0 Å². The molecule has 1 aliphatic heterocycles. The Morgan fingerprint density at radius 3 is 2.79 bits per heavy atom. The molecular weight excluding hydrogens is 312 g/mol. The summed E-state index contributed by atoms with van der Waals surface area (Å²) in [6.45, 7) is 6.92. The van der Waals surface area contributed by atoms with E-state index < -0.39 is 11.2 Å². The van der Waals surface area contributed by atoms with E-state index in [9.17, 15) is 14.4 Å². The number of piperidine rings is 1. The van der Waals surface area contributed by atoms with Crippen molar-refractivity contribution in [1.82, 2.24) is 19.8 Å². The summed E-state index contributed by atoms with van der Waals surface area (Å²) >= 11 is 0. The largest absolute Gasteiger partial charge is 0.377 e. The van der Waals surface area contributed by atoms with Gasteiger partial charge in [-0.3, -0.25) is 14.3 Å². The molecule has 1 aromatic heterocycles. The zero-order chi connectivity index (χ0) is 17.9. The number of nitrogens with zero attached hydrogens (tertiary/aromatic N) is 2. The van der Waals surface area contributed by atoms with E-state index in [1.54, 1.807) is 12.0 Å². The summed E-state index contributed by atoms with van der Waals surface area (Å²) in [5.74, 6) is 0. The number of likely N-dealkylation sites (tertiary alicyclic amines) is 1. The van der Waals surface area contributed by atoms with Crippen LogP contribution in [0.2, 0.25) is 0 Å². The average molecular weight is 338 g/mol. The molecule has 0 saturated carbocycles. The first-order chi connectivity index (χ1) is 11.3. The maximum Gasteiger partial charge on any atom is 0.328 e. The molecular formula is C16H26N4O4. The van der Waals surface area contributed by atoms with Gasteiger partial charge in [-0.25, -0.2) is 9.59 Å². The van der Waals surface area contributed by atoms with Crippen molar-refractivity contribution in [2.24, 2.45) is 0 Å². The van der Waals surface area contributed by atoms with Gasteiger partial charge in [-0.15, -0.1) is 0 Å².